The molecule has 1 spiro atoms. The molecule has 16 heteroatoms. The fourth-order valence-corrected chi connectivity index (χ4v) is 9.18. The molecule has 0 saturated carbocycles. The fourth-order valence-electron chi connectivity index (χ4n) is 8.28. The third-order valence-electron chi connectivity index (χ3n) is 10.9. The first-order chi connectivity index (χ1) is 26.4. The predicted molar refractivity (Wildman–Crippen MR) is 209 cm³/mol. The number of piperazine rings is 1. The molecule has 0 amide bonds. The molecule has 3 aromatic rings. The number of aromatic nitrogens is 1. The summed E-state index contributed by atoms with van der Waals surface area (Å²) >= 11 is 9.69. The quantitative estimate of drug-likeness (QED) is 0.100. The summed E-state index contributed by atoms with van der Waals surface area (Å²) in [5.41, 5.74) is -5.32. The Kier molecular flexibility index (Phi) is 9.05. The number of hydrogen-bond acceptors (Lipinski definition) is 13. The number of ether oxygens (including phenoxy) is 1. The minimum Gasteiger partial charge on any atom is -0.510 e. The average molecular weight is 832 g/mol. The molecular formula is C39H32BrClN4O10. The van der Waals surface area contributed by atoms with Crippen LogP contribution in [0.3, 0.4) is 0 Å². The summed E-state index contributed by atoms with van der Waals surface area (Å²) in [7, 11) is 1.12. The largest absolute Gasteiger partial charge is 0.510 e. The molecule has 4 aliphatic carbocycles. The van der Waals surface area contributed by atoms with E-state index in [9.17, 15) is 39.3 Å². The van der Waals surface area contributed by atoms with Crippen molar-refractivity contribution in [2.24, 2.45) is 5.16 Å². The number of phenols is 1. The van der Waals surface area contributed by atoms with Crippen molar-refractivity contribution in [3.05, 3.63) is 135 Å². The van der Waals surface area contributed by atoms with Gasteiger partial charge < -0.3 is 34.8 Å². The van der Waals surface area contributed by atoms with Crippen LogP contribution in [0.15, 0.2) is 70.0 Å². The monoisotopic (exact) mass is 830 g/mol. The number of phenolic OH excluding ortho intramolecular Hbond substituents is 1. The number of hydrogen-bond donors (Lipinski definition) is 4. The van der Waals surface area contributed by atoms with Gasteiger partial charge in [0.05, 0.1) is 45.3 Å². The lowest BCUT2D eigenvalue weighted by atomic mass is 9.78. The fraction of sp³-hybridized carbons (Fsp3) is 0.282. The molecule has 1 fully saturated rings. The first-order valence-corrected chi connectivity index (χ1v) is 18.6. The van der Waals surface area contributed by atoms with Gasteiger partial charge in [0, 0.05) is 64.9 Å². The van der Waals surface area contributed by atoms with Crippen molar-refractivity contribution in [3.8, 4) is 11.5 Å². The van der Waals surface area contributed by atoms with Gasteiger partial charge in [-0.05, 0) is 65.0 Å². The van der Waals surface area contributed by atoms with Gasteiger partial charge in [-0.15, -0.1) is 0 Å². The Balaban J connectivity index is 1.06. The molecular weight excluding hydrogens is 800 g/mol. The van der Waals surface area contributed by atoms with Gasteiger partial charge in [0.15, 0.2) is 11.2 Å². The van der Waals surface area contributed by atoms with E-state index < -0.39 is 76.6 Å². The van der Waals surface area contributed by atoms with Crippen LogP contribution in [0, 0.1) is 10.4 Å². The van der Waals surface area contributed by atoms with Crippen molar-refractivity contribution in [2.75, 3.05) is 51.3 Å². The van der Waals surface area contributed by atoms with Crippen LogP contribution in [-0.2, 0) is 16.7 Å². The maximum atomic E-state index is 13.8. The van der Waals surface area contributed by atoms with Crippen molar-refractivity contribution < 1.29 is 24.9 Å². The van der Waals surface area contributed by atoms with Gasteiger partial charge in [-0.2, -0.15) is 0 Å². The predicted octanol–water partition coefficient (Wildman–Crippen LogP) is 1.49. The number of methoxy groups -OCH3 is 1. The van der Waals surface area contributed by atoms with E-state index in [1.165, 1.54) is 6.21 Å². The van der Waals surface area contributed by atoms with Crippen LogP contribution in [-0.4, -0.2) is 77.9 Å². The SMILES string of the molecule is COc1cc(=O)c2c(=O)c3c(c(=O)c=2c1=O)=C(O)[C@]1(CCc2c1c(O)c1c(=O)[nH]c(/C=N/OCCCN4CCN(c5cccc(Cl)c5)CC4)cc1c2Br)C=3O. The zero-order chi connectivity index (χ0) is 38.9. The molecule has 0 bridgehead atoms. The molecule has 0 unspecified atom stereocenters. The van der Waals surface area contributed by atoms with Crippen LogP contribution in [0.2, 0.25) is 5.02 Å². The van der Waals surface area contributed by atoms with Gasteiger partial charge in [0.1, 0.15) is 29.3 Å². The Morgan fingerprint density at radius 2 is 1.65 bits per heavy atom. The van der Waals surface area contributed by atoms with E-state index in [0.29, 0.717) is 27.1 Å². The summed E-state index contributed by atoms with van der Waals surface area (Å²) < 4.78 is 5.30. The highest BCUT2D eigenvalue weighted by Gasteiger charge is 2.53. The molecule has 8 rings (SSSR count). The highest BCUT2D eigenvalue weighted by molar-refractivity contribution is 9.10. The number of aliphatic hydroxyl groups is 2. The third-order valence-corrected chi connectivity index (χ3v) is 12.0. The highest BCUT2D eigenvalue weighted by atomic mass is 79.9. The van der Waals surface area contributed by atoms with Crippen LogP contribution in [0.25, 0.3) is 22.3 Å². The van der Waals surface area contributed by atoms with Crippen molar-refractivity contribution in [1.29, 1.82) is 0 Å². The Bertz CT molecular complexity index is 2970. The Morgan fingerprint density at radius 1 is 0.945 bits per heavy atom. The number of nitrogens with zero attached hydrogens (tertiary/aromatic N) is 3. The van der Waals surface area contributed by atoms with E-state index in [0.717, 1.165) is 58.0 Å². The zero-order valence-corrected chi connectivity index (χ0v) is 31.5. The smallest absolute Gasteiger partial charge is 0.260 e. The number of oxime groups is 1. The number of anilines is 1. The lowest BCUT2D eigenvalue weighted by molar-refractivity contribution is 0.128. The highest BCUT2D eigenvalue weighted by Crippen LogP contribution is 2.56. The van der Waals surface area contributed by atoms with Gasteiger partial charge in [0.25, 0.3) is 5.56 Å². The normalized spacial score (nSPS) is 18.3. The molecule has 4 N–H and O–H groups in total. The van der Waals surface area contributed by atoms with Gasteiger partial charge in [-0.3, -0.25) is 28.9 Å². The number of nitrogens with one attached hydrogen (secondary N) is 1. The van der Waals surface area contributed by atoms with E-state index in [1.807, 2.05) is 18.2 Å². The summed E-state index contributed by atoms with van der Waals surface area (Å²) in [4.78, 5) is 79.7. The molecule has 282 valence electrons. The zero-order valence-electron chi connectivity index (χ0n) is 29.2. The van der Waals surface area contributed by atoms with Crippen LogP contribution >= 0.6 is 27.5 Å². The Hall–Kier alpha value is -5.51. The number of fused-ring (bicyclic) bond motifs is 4. The number of H-pyrrole nitrogens is 1. The van der Waals surface area contributed by atoms with E-state index in [1.54, 1.807) is 6.07 Å². The topological polar surface area (TPSA) is 199 Å². The number of rotatable bonds is 8. The minimum absolute atomic E-state index is 0.0932. The van der Waals surface area contributed by atoms with Crippen molar-refractivity contribution in [1.82, 2.24) is 9.88 Å². The van der Waals surface area contributed by atoms with E-state index >= 15 is 0 Å². The molecule has 14 nitrogen and oxygen atoms in total. The minimum atomic E-state index is -2.02. The van der Waals surface area contributed by atoms with Crippen LogP contribution in [0.1, 0.15) is 29.7 Å². The molecule has 1 aromatic heterocycles. The molecule has 1 saturated heterocycles. The molecule has 2 heterocycles. The van der Waals surface area contributed by atoms with Crippen LogP contribution < -0.4 is 47.3 Å². The van der Waals surface area contributed by atoms with E-state index in [-0.39, 0.29) is 29.5 Å². The van der Waals surface area contributed by atoms with Crippen molar-refractivity contribution >= 4 is 61.7 Å². The molecule has 0 radical (unpaired) electrons. The van der Waals surface area contributed by atoms with Gasteiger partial charge in [-0.1, -0.05) is 22.8 Å². The first kappa shape index (κ1) is 36.5. The van der Waals surface area contributed by atoms with Gasteiger partial charge >= 0.3 is 0 Å². The molecule has 1 aliphatic heterocycles. The van der Waals surface area contributed by atoms with Gasteiger partial charge in [0.2, 0.25) is 16.3 Å². The number of aliphatic hydroxyl groups excluding tert-OH is 2. The maximum absolute atomic E-state index is 13.8. The van der Waals surface area contributed by atoms with Crippen molar-refractivity contribution in [3.63, 3.8) is 0 Å². The second-order valence-corrected chi connectivity index (χ2v) is 15.0. The summed E-state index contributed by atoms with van der Waals surface area (Å²) in [6.07, 6.45) is 2.07. The van der Waals surface area contributed by atoms with Gasteiger partial charge in [-0.25, -0.2) is 0 Å². The standard InChI is InChI=1S/C39H32BrClN4O10/c1-54-24-16-23(46)26-27(32(24)47)34(49)29-28(33(26)48)36(51)39(37(29)52)7-6-21-30(39)35(50)25-22(31(21)40)15-19(43-38(25)53)17-42-55-13-3-8-44-9-11-45(12-10-44)20-5-2-4-18(41)14-20/h2,4-5,14-17,50-52H,3,6-13H2,1H3,(H,43,53)/b42-17+/t39-/m0/s1. The second kappa shape index (κ2) is 13.7. The number of pyridine rings is 1. The lowest BCUT2D eigenvalue weighted by Gasteiger charge is -2.36. The Morgan fingerprint density at radius 3 is 2.35 bits per heavy atom. The molecule has 2 aromatic carbocycles. The number of benzene rings is 2. The van der Waals surface area contributed by atoms with E-state index in [4.69, 9.17) is 21.2 Å². The first-order valence-electron chi connectivity index (χ1n) is 17.4. The number of aromatic hydroxyl groups is 1. The molecule has 1 atom stereocenters. The molecule has 5 aliphatic rings. The number of halogens is 2. The molecule has 55 heavy (non-hydrogen) atoms. The summed E-state index contributed by atoms with van der Waals surface area (Å²) in [6.45, 7) is 4.75. The van der Waals surface area contributed by atoms with Crippen LogP contribution in [0.5, 0.6) is 11.5 Å². The second-order valence-electron chi connectivity index (χ2n) is 13.8. The summed E-state index contributed by atoms with van der Waals surface area (Å²) in [5.74, 6) is -2.61. The van der Waals surface area contributed by atoms with E-state index in [2.05, 4.69) is 41.9 Å². The summed E-state index contributed by atoms with van der Waals surface area (Å²) in [6, 6.07) is 10.2. The number of aromatic amines is 1. The summed E-state index contributed by atoms with van der Waals surface area (Å²) in [5, 5.41) is 37.2. The van der Waals surface area contributed by atoms with Crippen LogP contribution in [0.4, 0.5) is 5.69 Å². The lowest BCUT2D eigenvalue weighted by Crippen LogP contribution is -2.51. The Labute approximate surface area is 322 Å². The average Bonchev–Trinajstić information content (AvgIpc) is 3.68. The van der Waals surface area contributed by atoms with Crippen molar-refractivity contribution in [2.45, 2.75) is 24.7 Å². The maximum Gasteiger partial charge on any atom is 0.260 e. The third kappa shape index (κ3) is 5.54.